The molecule has 13 heavy (non-hydrogen) atoms. The molecule has 70 valence electrons. The molecule has 6 nitrogen and oxygen atoms in total. The molecule has 0 spiro atoms. The topological polar surface area (TPSA) is 80.2 Å². The third-order valence-corrected chi connectivity index (χ3v) is 1.96. The Bertz CT molecular complexity index is 360. The molecule has 1 aliphatic heterocycles. The highest BCUT2D eigenvalue weighted by Crippen LogP contribution is 2.22. The van der Waals surface area contributed by atoms with Crippen molar-refractivity contribution in [3.8, 4) is 0 Å². The second-order valence-corrected chi connectivity index (χ2v) is 3.05. The zero-order valence-electron chi connectivity index (χ0n) is 6.68. The highest BCUT2D eigenvalue weighted by molar-refractivity contribution is 6.48. The number of aromatic nitrogens is 3. The molecule has 3 N–H and O–H groups in total. The quantitative estimate of drug-likeness (QED) is 0.648. The van der Waals surface area contributed by atoms with Crippen LogP contribution in [0.5, 0.6) is 0 Å². The van der Waals surface area contributed by atoms with Gasteiger partial charge in [-0.05, 0) is 0 Å². The summed E-state index contributed by atoms with van der Waals surface area (Å²) in [4.78, 5) is 5.51. The lowest BCUT2D eigenvalue weighted by Gasteiger charge is -2.22. The van der Waals surface area contributed by atoms with E-state index in [-0.39, 0.29) is 12.7 Å². The number of hydrogen-bond donors (Lipinski definition) is 2. The van der Waals surface area contributed by atoms with Gasteiger partial charge in [0.2, 0.25) is 5.95 Å². The van der Waals surface area contributed by atoms with E-state index in [9.17, 15) is 0 Å². The second-order valence-electron chi connectivity index (χ2n) is 2.64. The van der Waals surface area contributed by atoms with Crippen LogP contribution in [0.3, 0.4) is 0 Å². The van der Waals surface area contributed by atoms with Gasteiger partial charge in [-0.3, -0.25) is 0 Å². The van der Waals surface area contributed by atoms with E-state index >= 15 is 0 Å². The summed E-state index contributed by atoms with van der Waals surface area (Å²) in [5, 5.41) is 13.2. The van der Waals surface area contributed by atoms with Gasteiger partial charge in [-0.1, -0.05) is 11.6 Å². The van der Waals surface area contributed by atoms with Gasteiger partial charge in [-0.25, -0.2) is 4.68 Å². The lowest BCUT2D eigenvalue weighted by molar-refractivity contribution is 0.118. The van der Waals surface area contributed by atoms with E-state index in [2.05, 4.69) is 10.1 Å². The summed E-state index contributed by atoms with van der Waals surface area (Å²) < 4.78 is 1.54. The minimum absolute atomic E-state index is 0.116. The lowest BCUT2D eigenvalue weighted by atomic mass is 10.5. The van der Waals surface area contributed by atoms with E-state index < -0.39 is 0 Å². The molecule has 1 aromatic heterocycles. The predicted octanol–water partition coefficient (Wildman–Crippen LogP) is -0.380. The maximum absolute atomic E-state index is 8.87. The molecule has 2 heterocycles. The minimum atomic E-state index is -0.116. The Morgan fingerprint density at radius 3 is 3.15 bits per heavy atom. The standard InChI is InChI=1S/C6H8ClN5O/c7-4-1-11(3-13)2-12-5(4)9-6(8)10-12/h1,13H,2-3H2,(H2,8,10). The van der Waals surface area contributed by atoms with Crippen molar-refractivity contribution < 1.29 is 5.11 Å². The third-order valence-electron chi connectivity index (χ3n) is 1.69. The van der Waals surface area contributed by atoms with Crippen LogP contribution < -0.4 is 5.73 Å². The van der Waals surface area contributed by atoms with Crippen LogP contribution in [0.15, 0.2) is 6.20 Å². The van der Waals surface area contributed by atoms with Crippen LogP contribution in [-0.2, 0) is 6.67 Å². The Hall–Kier alpha value is -1.27. The van der Waals surface area contributed by atoms with Crippen molar-refractivity contribution in [1.82, 2.24) is 19.7 Å². The molecule has 2 rings (SSSR count). The molecule has 0 unspecified atom stereocenters. The van der Waals surface area contributed by atoms with Gasteiger partial charge in [0.1, 0.15) is 18.4 Å². The Kier molecular flexibility index (Phi) is 1.86. The number of nitrogen functional groups attached to an aromatic ring is 1. The first kappa shape index (κ1) is 8.33. The van der Waals surface area contributed by atoms with Gasteiger partial charge >= 0.3 is 0 Å². The summed E-state index contributed by atoms with van der Waals surface area (Å²) in [6.45, 7) is 0.293. The first-order chi connectivity index (χ1) is 6.20. The smallest absolute Gasteiger partial charge is 0.240 e. The number of rotatable bonds is 1. The zero-order valence-corrected chi connectivity index (χ0v) is 7.44. The second kappa shape index (κ2) is 2.90. The zero-order chi connectivity index (χ0) is 9.42. The first-order valence-corrected chi connectivity index (χ1v) is 4.01. The number of aliphatic hydroxyl groups excluding tert-OH is 1. The van der Waals surface area contributed by atoms with Gasteiger partial charge in [0, 0.05) is 6.20 Å². The van der Waals surface area contributed by atoms with Crippen molar-refractivity contribution >= 4 is 22.6 Å². The fraction of sp³-hybridized carbons (Fsp3) is 0.333. The molecule has 0 atom stereocenters. The highest BCUT2D eigenvalue weighted by Gasteiger charge is 2.18. The molecule has 0 amide bonds. The lowest BCUT2D eigenvalue weighted by Crippen LogP contribution is -2.27. The van der Waals surface area contributed by atoms with Gasteiger partial charge in [0.25, 0.3) is 0 Å². The van der Waals surface area contributed by atoms with Crippen LogP contribution in [-0.4, -0.2) is 31.5 Å². The molecule has 0 fully saturated rings. The van der Waals surface area contributed by atoms with Crippen LogP contribution in [0.1, 0.15) is 5.82 Å². The minimum Gasteiger partial charge on any atom is -0.376 e. The Morgan fingerprint density at radius 2 is 2.46 bits per heavy atom. The van der Waals surface area contributed by atoms with Gasteiger partial charge < -0.3 is 15.7 Å². The molecular weight excluding hydrogens is 194 g/mol. The van der Waals surface area contributed by atoms with Crippen molar-refractivity contribution in [1.29, 1.82) is 0 Å². The van der Waals surface area contributed by atoms with Crippen LogP contribution in [0.25, 0.3) is 5.03 Å². The normalized spacial score (nSPS) is 15.5. The van der Waals surface area contributed by atoms with Crippen LogP contribution in [0.2, 0.25) is 0 Å². The molecule has 0 aromatic carbocycles. The third kappa shape index (κ3) is 1.34. The molecule has 0 radical (unpaired) electrons. The molecule has 0 aliphatic carbocycles. The molecule has 0 bridgehead atoms. The predicted molar refractivity (Wildman–Crippen MR) is 47.2 cm³/mol. The Labute approximate surface area is 79.2 Å². The van der Waals surface area contributed by atoms with Gasteiger partial charge in [-0.15, -0.1) is 5.10 Å². The first-order valence-electron chi connectivity index (χ1n) is 3.63. The average molecular weight is 202 g/mol. The molecule has 0 saturated carbocycles. The fourth-order valence-corrected chi connectivity index (χ4v) is 1.43. The van der Waals surface area contributed by atoms with Crippen molar-refractivity contribution in [2.24, 2.45) is 0 Å². The number of fused-ring (bicyclic) bond motifs is 1. The molecule has 0 saturated heterocycles. The van der Waals surface area contributed by atoms with Crippen molar-refractivity contribution in [3.05, 3.63) is 12.0 Å². The SMILES string of the molecule is Nc1nc2n(n1)CN(CO)C=C2Cl. The molecular formula is C6H8ClN5O. The maximum Gasteiger partial charge on any atom is 0.240 e. The van der Waals surface area contributed by atoms with Crippen molar-refractivity contribution in [2.75, 3.05) is 12.5 Å². The summed E-state index contributed by atoms with van der Waals surface area (Å²) in [6.07, 6.45) is 1.60. The fourth-order valence-electron chi connectivity index (χ4n) is 1.15. The maximum atomic E-state index is 8.87. The monoisotopic (exact) mass is 201 g/mol. The summed E-state index contributed by atoms with van der Waals surface area (Å²) in [5.74, 6) is 0.713. The van der Waals surface area contributed by atoms with Crippen molar-refractivity contribution in [2.45, 2.75) is 6.67 Å². The van der Waals surface area contributed by atoms with E-state index in [0.717, 1.165) is 0 Å². The van der Waals surface area contributed by atoms with Crippen LogP contribution in [0, 0.1) is 0 Å². The van der Waals surface area contributed by atoms with Crippen molar-refractivity contribution in [3.63, 3.8) is 0 Å². The molecule has 1 aromatic rings. The molecule has 7 heteroatoms. The van der Waals surface area contributed by atoms with Gasteiger partial charge in [0.05, 0.1) is 0 Å². The highest BCUT2D eigenvalue weighted by atomic mass is 35.5. The largest absolute Gasteiger partial charge is 0.376 e. The van der Waals surface area contributed by atoms with E-state index in [1.165, 1.54) is 4.68 Å². The number of halogens is 1. The molecule has 1 aliphatic rings. The van der Waals surface area contributed by atoms with E-state index in [1.807, 2.05) is 0 Å². The summed E-state index contributed by atoms with van der Waals surface area (Å²) >= 11 is 5.86. The van der Waals surface area contributed by atoms with Crippen LogP contribution >= 0.6 is 11.6 Å². The van der Waals surface area contributed by atoms with E-state index in [1.54, 1.807) is 11.1 Å². The van der Waals surface area contributed by atoms with Gasteiger partial charge in [-0.2, -0.15) is 4.98 Å². The Balaban J connectivity index is 2.41. The summed E-state index contributed by atoms with van der Waals surface area (Å²) in [6, 6.07) is 0. The van der Waals surface area contributed by atoms with E-state index in [0.29, 0.717) is 17.5 Å². The summed E-state index contributed by atoms with van der Waals surface area (Å²) in [5.41, 5.74) is 5.40. The number of aliphatic hydroxyl groups is 1. The van der Waals surface area contributed by atoms with Crippen LogP contribution in [0.4, 0.5) is 5.95 Å². The number of nitrogens with two attached hydrogens (primary N) is 1. The van der Waals surface area contributed by atoms with E-state index in [4.69, 9.17) is 22.4 Å². The number of hydrogen-bond acceptors (Lipinski definition) is 5. The average Bonchev–Trinajstić information content (AvgIpc) is 2.46. The Morgan fingerprint density at radius 1 is 1.69 bits per heavy atom. The number of nitrogens with zero attached hydrogens (tertiary/aromatic N) is 4. The van der Waals surface area contributed by atoms with Gasteiger partial charge in [0.15, 0.2) is 5.82 Å². The number of anilines is 1. The summed E-state index contributed by atoms with van der Waals surface area (Å²) in [7, 11) is 0.